The molecule has 0 saturated carbocycles. The molecule has 1 unspecified atom stereocenters. The molecule has 0 radical (unpaired) electrons. The Morgan fingerprint density at radius 1 is 0.818 bits per heavy atom. The second-order valence-corrected chi connectivity index (χ2v) is 7.29. The molecule has 1 aliphatic heterocycles. The lowest BCUT2D eigenvalue weighted by Gasteiger charge is -2.30. The fraction of sp³-hybridized carbons (Fsp3) is 0.240. The van der Waals surface area contributed by atoms with Crippen LogP contribution in [0.15, 0.2) is 77.1 Å². The first-order valence-electron chi connectivity index (χ1n) is 10.3. The lowest BCUT2D eigenvalue weighted by atomic mass is 9.80. The standard InChI is InChI=1S/C25H24FNO6/c1-15-20(24(29)31-3)22(18-11-7-8-12-19(18)26)21(16(2)27-15)25(30)33-14-13-32-23(28)17-9-5-4-6-10-17/h4-12,22,27H,13-14H2,1-3H3. The molecular formula is C25H24FNO6. The second kappa shape index (κ2) is 10.6. The van der Waals surface area contributed by atoms with Gasteiger partial charge in [0.25, 0.3) is 0 Å². The number of halogens is 1. The summed E-state index contributed by atoms with van der Waals surface area (Å²) in [5.74, 6) is -3.61. The number of allylic oxidation sites excluding steroid dienone is 2. The minimum absolute atomic E-state index is 0.0699. The Bertz CT molecular complexity index is 1120. The summed E-state index contributed by atoms with van der Waals surface area (Å²) >= 11 is 0. The van der Waals surface area contributed by atoms with Gasteiger partial charge in [-0.1, -0.05) is 36.4 Å². The topological polar surface area (TPSA) is 90.9 Å². The Hall–Kier alpha value is -3.94. The normalized spacial score (nSPS) is 15.6. The summed E-state index contributed by atoms with van der Waals surface area (Å²) in [4.78, 5) is 37.6. The SMILES string of the molecule is COC(=O)C1=C(C)NC(C)=C(C(=O)OCCOC(=O)c2ccccc2)C1c1ccccc1F. The molecule has 2 aromatic carbocycles. The lowest BCUT2D eigenvalue weighted by molar-refractivity contribution is -0.140. The Balaban J connectivity index is 1.79. The Kier molecular flexibility index (Phi) is 7.61. The number of ether oxygens (including phenoxy) is 3. The van der Waals surface area contributed by atoms with Gasteiger partial charge >= 0.3 is 17.9 Å². The highest BCUT2D eigenvalue weighted by Crippen LogP contribution is 2.40. The first-order valence-corrected chi connectivity index (χ1v) is 10.3. The van der Waals surface area contributed by atoms with E-state index in [-0.39, 0.29) is 29.9 Å². The van der Waals surface area contributed by atoms with Gasteiger partial charge in [-0.2, -0.15) is 0 Å². The predicted molar refractivity (Wildman–Crippen MR) is 117 cm³/mol. The van der Waals surface area contributed by atoms with Gasteiger partial charge < -0.3 is 19.5 Å². The van der Waals surface area contributed by atoms with E-state index < -0.39 is 29.6 Å². The molecule has 0 aromatic heterocycles. The van der Waals surface area contributed by atoms with Crippen LogP contribution in [0.5, 0.6) is 0 Å². The van der Waals surface area contributed by atoms with E-state index in [0.717, 1.165) is 0 Å². The van der Waals surface area contributed by atoms with Gasteiger partial charge in [0.2, 0.25) is 0 Å². The summed E-state index contributed by atoms with van der Waals surface area (Å²) in [6.07, 6.45) is 0. The van der Waals surface area contributed by atoms with Crippen LogP contribution in [0.25, 0.3) is 0 Å². The fourth-order valence-electron chi connectivity index (χ4n) is 3.67. The van der Waals surface area contributed by atoms with E-state index in [1.54, 1.807) is 50.2 Å². The molecule has 2 aromatic rings. The highest BCUT2D eigenvalue weighted by molar-refractivity contribution is 5.99. The molecule has 8 heteroatoms. The Morgan fingerprint density at radius 2 is 1.36 bits per heavy atom. The number of nitrogens with one attached hydrogen (secondary N) is 1. The minimum Gasteiger partial charge on any atom is -0.466 e. The maximum atomic E-state index is 14.7. The number of benzene rings is 2. The van der Waals surface area contributed by atoms with Crippen LogP contribution in [0.1, 0.15) is 35.7 Å². The van der Waals surface area contributed by atoms with Crippen LogP contribution in [0.3, 0.4) is 0 Å². The first-order chi connectivity index (χ1) is 15.8. The van der Waals surface area contributed by atoms with Crippen LogP contribution in [0, 0.1) is 5.82 Å². The summed E-state index contributed by atoms with van der Waals surface area (Å²) in [7, 11) is 1.21. The van der Waals surface area contributed by atoms with Gasteiger partial charge in [0.15, 0.2) is 0 Å². The van der Waals surface area contributed by atoms with Crippen molar-refractivity contribution in [2.45, 2.75) is 19.8 Å². The van der Waals surface area contributed by atoms with Crippen molar-refractivity contribution in [1.29, 1.82) is 0 Å². The number of methoxy groups -OCH3 is 1. The van der Waals surface area contributed by atoms with Gasteiger partial charge in [0.05, 0.1) is 29.7 Å². The monoisotopic (exact) mass is 453 g/mol. The van der Waals surface area contributed by atoms with Gasteiger partial charge in [0, 0.05) is 17.0 Å². The molecule has 0 amide bonds. The Labute approximate surface area is 190 Å². The second-order valence-electron chi connectivity index (χ2n) is 7.29. The molecule has 172 valence electrons. The molecule has 0 fully saturated rings. The molecule has 0 bridgehead atoms. The van der Waals surface area contributed by atoms with Crippen molar-refractivity contribution in [2.75, 3.05) is 20.3 Å². The van der Waals surface area contributed by atoms with E-state index in [1.165, 1.54) is 25.3 Å². The summed E-state index contributed by atoms with van der Waals surface area (Å²) in [6.45, 7) is 2.91. The largest absolute Gasteiger partial charge is 0.466 e. The van der Waals surface area contributed by atoms with Crippen molar-refractivity contribution < 1.29 is 33.0 Å². The summed E-state index contributed by atoms with van der Waals surface area (Å²) in [5.41, 5.74) is 1.55. The lowest BCUT2D eigenvalue weighted by Crippen LogP contribution is -2.33. The smallest absolute Gasteiger partial charge is 0.338 e. The third kappa shape index (κ3) is 5.28. The molecule has 1 heterocycles. The zero-order valence-electron chi connectivity index (χ0n) is 18.5. The van der Waals surface area contributed by atoms with E-state index in [4.69, 9.17) is 14.2 Å². The van der Waals surface area contributed by atoms with Crippen LogP contribution >= 0.6 is 0 Å². The first kappa shape index (κ1) is 23.7. The maximum Gasteiger partial charge on any atom is 0.338 e. The number of hydrogen-bond donors (Lipinski definition) is 1. The molecule has 0 spiro atoms. The van der Waals surface area contributed by atoms with Crippen molar-refractivity contribution >= 4 is 17.9 Å². The quantitative estimate of drug-likeness (QED) is 0.389. The van der Waals surface area contributed by atoms with Crippen molar-refractivity contribution in [3.8, 4) is 0 Å². The van der Waals surface area contributed by atoms with E-state index in [9.17, 15) is 18.8 Å². The van der Waals surface area contributed by atoms with Crippen LogP contribution < -0.4 is 5.32 Å². The molecule has 33 heavy (non-hydrogen) atoms. The number of esters is 3. The molecule has 7 nitrogen and oxygen atoms in total. The van der Waals surface area contributed by atoms with Gasteiger partial charge in [0.1, 0.15) is 19.0 Å². The predicted octanol–water partition coefficient (Wildman–Crippen LogP) is 3.63. The summed E-state index contributed by atoms with van der Waals surface area (Å²) < 4.78 is 30.1. The third-order valence-corrected chi connectivity index (χ3v) is 5.16. The minimum atomic E-state index is -1.03. The van der Waals surface area contributed by atoms with Crippen molar-refractivity contribution in [1.82, 2.24) is 5.32 Å². The third-order valence-electron chi connectivity index (χ3n) is 5.16. The number of carbonyl (C=O) groups excluding carboxylic acids is 3. The van der Waals surface area contributed by atoms with Gasteiger partial charge in [-0.15, -0.1) is 0 Å². The number of dihydropyridines is 1. The van der Waals surface area contributed by atoms with Crippen LogP contribution in [0.2, 0.25) is 0 Å². The summed E-state index contributed by atoms with van der Waals surface area (Å²) in [5, 5.41) is 2.97. The Morgan fingerprint density at radius 3 is 1.97 bits per heavy atom. The van der Waals surface area contributed by atoms with Crippen LogP contribution in [-0.2, 0) is 23.8 Å². The fourth-order valence-corrected chi connectivity index (χ4v) is 3.67. The maximum absolute atomic E-state index is 14.7. The number of hydrogen-bond acceptors (Lipinski definition) is 7. The van der Waals surface area contributed by atoms with E-state index in [1.807, 2.05) is 0 Å². The van der Waals surface area contributed by atoms with E-state index >= 15 is 0 Å². The summed E-state index contributed by atoms with van der Waals surface area (Å²) in [6, 6.07) is 14.3. The molecule has 0 aliphatic carbocycles. The zero-order chi connectivity index (χ0) is 24.0. The molecule has 3 rings (SSSR count). The molecule has 1 aliphatic rings. The van der Waals surface area contributed by atoms with Gasteiger partial charge in [-0.25, -0.2) is 18.8 Å². The molecule has 0 saturated heterocycles. The number of rotatable bonds is 7. The molecule has 1 N–H and O–H groups in total. The number of carbonyl (C=O) groups is 3. The van der Waals surface area contributed by atoms with Crippen molar-refractivity contribution in [2.24, 2.45) is 0 Å². The van der Waals surface area contributed by atoms with Crippen molar-refractivity contribution in [3.63, 3.8) is 0 Å². The molecule has 1 atom stereocenters. The van der Waals surface area contributed by atoms with Gasteiger partial charge in [-0.3, -0.25) is 0 Å². The van der Waals surface area contributed by atoms with E-state index in [0.29, 0.717) is 17.0 Å². The van der Waals surface area contributed by atoms with Crippen LogP contribution in [-0.4, -0.2) is 38.2 Å². The van der Waals surface area contributed by atoms with E-state index in [2.05, 4.69) is 5.32 Å². The zero-order valence-corrected chi connectivity index (χ0v) is 18.5. The average Bonchev–Trinajstić information content (AvgIpc) is 2.81. The highest BCUT2D eigenvalue weighted by atomic mass is 19.1. The van der Waals surface area contributed by atoms with Gasteiger partial charge in [-0.05, 0) is 32.0 Å². The van der Waals surface area contributed by atoms with Crippen molar-refractivity contribution in [3.05, 3.63) is 94.1 Å². The highest BCUT2D eigenvalue weighted by Gasteiger charge is 2.39. The average molecular weight is 453 g/mol. The van der Waals surface area contributed by atoms with Crippen LogP contribution in [0.4, 0.5) is 4.39 Å². The molecular weight excluding hydrogens is 429 g/mol.